The number of amides is 2. The average Bonchev–Trinajstić information content (AvgIpc) is 3.05. The highest BCUT2D eigenvalue weighted by Crippen LogP contribution is 2.23. The van der Waals surface area contributed by atoms with Crippen molar-refractivity contribution in [2.45, 2.75) is 19.9 Å². The number of benzene rings is 1. The fraction of sp³-hybridized carbons (Fsp3) is 0.294. The van der Waals surface area contributed by atoms with Gasteiger partial charge in [-0.25, -0.2) is 4.39 Å². The van der Waals surface area contributed by atoms with Crippen LogP contribution in [0.25, 0.3) is 0 Å². The van der Waals surface area contributed by atoms with Gasteiger partial charge in [0.05, 0.1) is 12.0 Å². The zero-order valence-corrected chi connectivity index (χ0v) is 15.1. The Balaban J connectivity index is 2.20. The minimum Gasteiger partial charge on any atom is -0.459 e. The quantitative estimate of drug-likeness (QED) is 0.839. The number of nitrogens with one attached hydrogen (secondary N) is 1. The molecule has 1 aromatic heterocycles. The predicted octanol–water partition coefficient (Wildman–Crippen LogP) is 3.60. The predicted molar refractivity (Wildman–Crippen MR) is 92.3 cm³/mol. The van der Waals surface area contributed by atoms with Crippen LogP contribution in [0, 0.1) is 11.7 Å². The van der Waals surface area contributed by atoms with Crippen LogP contribution < -0.4 is 10.2 Å². The molecule has 2 amide bonds. The van der Waals surface area contributed by atoms with E-state index in [9.17, 15) is 14.0 Å². The molecule has 24 heavy (non-hydrogen) atoms. The van der Waals surface area contributed by atoms with Crippen LogP contribution in [-0.2, 0) is 4.79 Å². The van der Waals surface area contributed by atoms with Crippen molar-refractivity contribution in [2.75, 3.05) is 11.9 Å². The second-order valence-electron chi connectivity index (χ2n) is 5.67. The van der Waals surface area contributed by atoms with E-state index in [4.69, 9.17) is 4.42 Å². The normalized spacial score (nSPS) is 12.1. The van der Waals surface area contributed by atoms with Gasteiger partial charge in [0.2, 0.25) is 5.91 Å². The van der Waals surface area contributed by atoms with Crippen molar-refractivity contribution in [3.8, 4) is 0 Å². The van der Waals surface area contributed by atoms with Crippen molar-refractivity contribution < 1.29 is 18.4 Å². The largest absolute Gasteiger partial charge is 0.459 e. The van der Waals surface area contributed by atoms with Gasteiger partial charge >= 0.3 is 0 Å². The first-order valence-corrected chi connectivity index (χ1v) is 8.17. The second kappa shape index (κ2) is 7.61. The first kappa shape index (κ1) is 18.2. The zero-order chi connectivity index (χ0) is 17.9. The molecule has 7 heteroatoms. The van der Waals surface area contributed by atoms with Crippen molar-refractivity contribution in [3.05, 3.63) is 52.6 Å². The highest BCUT2D eigenvalue weighted by Gasteiger charge is 2.29. The monoisotopic (exact) mass is 396 g/mol. The van der Waals surface area contributed by atoms with Crippen LogP contribution in [0.5, 0.6) is 0 Å². The van der Waals surface area contributed by atoms with Gasteiger partial charge in [-0.2, -0.15) is 0 Å². The molecule has 0 saturated carbocycles. The topological polar surface area (TPSA) is 62.6 Å². The number of furan rings is 1. The second-order valence-corrected chi connectivity index (χ2v) is 6.58. The third-order valence-electron chi connectivity index (χ3n) is 3.57. The molecule has 5 nitrogen and oxygen atoms in total. The van der Waals surface area contributed by atoms with E-state index in [1.54, 1.807) is 26.0 Å². The summed E-state index contributed by atoms with van der Waals surface area (Å²) in [5, 5.41) is 2.64. The maximum Gasteiger partial charge on any atom is 0.287 e. The van der Waals surface area contributed by atoms with Crippen LogP contribution in [0.1, 0.15) is 24.4 Å². The molecule has 2 aromatic rings. The lowest BCUT2D eigenvalue weighted by molar-refractivity contribution is -0.121. The molecule has 128 valence electrons. The molecule has 0 radical (unpaired) electrons. The van der Waals surface area contributed by atoms with Gasteiger partial charge < -0.3 is 14.6 Å². The van der Waals surface area contributed by atoms with Crippen LogP contribution in [0.4, 0.5) is 10.1 Å². The molecule has 1 heterocycles. The van der Waals surface area contributed by atoms with Crippen molar-refractivity contribution in [1.82, 2.24) is 5.32 Å². The Hall–Kier alpha value is -2.15. The van der Waals surface area contributed by atoms with Crippen LogP contribution in [0.15, 0.2) is 45.5 Å². The first-order chi connectivity index (χ1) is 11.3. The summed E-state index contributed by atoms with van der Waals surface area (Å²) in [6.45, 7) is 3.60. The van der Waals surface area contributed by atoms with Crippen LogP contribution in [0.2, 0.25) is 0 Å². The van der Waals surface area contributed by atoms with Gasteiger partial charge in [0.25, 0.3) is 5.91 Å². The number of hydrogen-bond acceptors (Lipinski definition) is 3. The summed E-state index contributed by atoms with van der Waals surface area (Å²) in [6, 6.07) is 6.72. The molecule has 1 unspecified atom stereocenters. The van der Waals surface area contributed by atoms with Crippen molar-refractivity contribution in [1.29, 1.82) is 0 Å². The van der Waals surface area contributed by atoms with E-state index in [1.807, 2.05) is 0 Å². The molecular weight excluding hydrogens is 379 g/mol. The van der Waals surface area contributed by atoms with E-state index in [1.165, 1.54) is 36.4 Å². The Morgan fingerprint density at radius 1 is 1.29 bits per heavy atom. The molecule has 0 spiro atoms. The van der Waals surface area contributed by atoms with E-state index >= 15 is 0 Å². The van der Waals surface area contributed by atoms with E-state index in [0.717, 1.165) is 0 Å². The Kier molecular flexibility index (Phi) is 5.77. The van der Waals surface area contributed by atoms with E-state index < -0.39 is 23.7 Å². The number of likely N-dealkylation sites (N-methyl/N-ethyl adjacent to an activating group) is 1. The number of carbonyl (C=O) groups excluding carboxylic acids is 2. The summed E-state index contributed by atoms with van der Waals surface area (Å²) in [5.41, 5.74) is 0.140. The third-order valence-corrected chi connectivity index (χ3v) is 4.06. The number of hydrogen-bond donors (Lipinski definition) is 1. The van der Waals surface area contributed by atoms with Crippen LogP contribution in [-0.4, -0.2) is 24.9 Å². The zero-order valence-electron chi connectivity index (χ0n) is 13.5. The van der Waals surface area contributed by atoms with E-state index in [0.29, 0.717) is 4.47 Å². The van der Waals surface area contributed by atoms with E-state index in [-0.39, 0.29) is 17.4 Å². The lowest BCUT2D eigenvalue weighted by Gasteiger charge is -2.27. The highest BCUT2D eigenvalue weighted by atomic mass is 79.9. The van der Waals surface area contributed by atoms with Gasteiger partial charge in [-0.1, -0.05) is 29.8 Å². The molecule has 0 saturated heterocycles. The molecule has 0 bridgehead atoms. The number of halogens is 2. The van der Waals surface area contributed by atoms with Crippen molar-refractivity contribution in [2.24, 2.45) is 5.92 Å². The standard InChI is InChI=1S/C17H18BrFN2O3/c1-10(2)15(20-16(22)14-5-4-8-24-14)17(23)21(3)13-7-6-11(18)9-12(13)19/h4-10,15H,1-3H3,(H,20,22). The minimum atomic E-state index is -0.810. The SMILES string of the molecule is CC(C)C(NC(=O)c1ccco1)C(=O)N(C)c1ccc(Br)cc1F. The van der Waals surface area contributed by atoms with Crippen LogP contribution in [0.3, 0.4) is 0 Å². The van der Waals surface area contributed by atoms with Gasteiger partial charge in [-0.15, -0.1) is 0 Å². The van der Waals surface area contributed by atoms with Gasteiger partial charge in [0.1, 0.15) is 11.9 Å². The number of anilines is 1. The van der Waals surface area contributed by atoms with Crippen molar-refractivity contribution >= 4 is 33.4 Å². The Morgan fingerprint density at radius 3 is 2.54 bits per heavy atom. The molecule has 0 fully saturated rings. The molecule has 0 aliphatic heterocycles. The first-order valence-electron chi connectivity index (χ1n) is 7.38. The maximum absolute atomic E-state index is 14.1. The molecule has 1 atom stereocenters. The highest BCUT2D eigenvalue weighted by molar-refractivity contribution is 9.10. The summed E-state index contributed by atoms with van der Waals surface area (Å²) < 4.78 is 19.7. The fourth-order valence-electron chi connectivity index (χ4n) is 2.21. The number of carbonyl (C=O) groups is 2. The molecule has 0 aliphatic rings. The molecule has 2 rings (SSSR count). The Morgan fingerprint density at radius 2 is 2.00 bits per heavy atom. The number of nitrogens with zero attached hydrogens (tertiary/aromatic N) is 1. The molecule has 1 N–H and O–H groups in total. The van der Waals surface area contributed by atoms with Crippen molar-refractivity contribution in [3.63, 3.8) is 0 Å². The third kappa shape index (κ3) is 4.03. The summed E-state index contributed by atoms with van der Waals surface area (Å²) in [7, 11) is 1.48. The lowest BCUT2D eigenvalue weighted by Crippen LogP contribution is -2.50. The lowest BCUT2D eigenvalue weighted by atomic mass is 10.0. The van der Waals surface area contributed by atoms with Gasteiger partial charge in [-0.3, -0.25) is 9.59 Å². The maximum atomic E-state index is 14.1. The Bertz CT molecular complexity index is 731. The van der Waals surface area contributed by atoms with Gasteiger partial charge in [0, 0.05) is 11.5 Å². The summed E-state index contributed by atoms with van der Waals surface area (Å²) in [4.78, 5) is 26.1. The number of rotatable bonds is 5. The minimum absolute atomic E-state index is 0.117. The Labute approximate surface area is 148 Å². The smallest absolute Gasteiger partial charge is 0.287 e. The fourth-order valence-corrected chi connectivity index (χ4v) is 2.55. The molecule has 1 aromatic carbocycles. The summed E-state index contributed by atoms with van der Waals surface area (Å²) >= 11 is 3.18. The van der Waals surface area contributed by atoms with Gasteiger partial charge in [0.15, 0.2) is 5.76 Å². The van der Waals surface area contributed by atoms with Gasteiger partial charge in [-0.05, 0) is 36.2 Å². The average molecular weight is 397 g/mol. The van der Waals surface area contributed by atoms with Crippen LogP contribution >= 0.6 is 15.9 Å². The summed E-state index contributed by atoms with van der Waals surface area (Å²) in [6.07, 6.45) is 1.38. The van der Waals surface area contributed by atoms with E-state index in [2.05, 4.69) is 21.2 Å². The summed E-state index contributed by atoms with van der Waals surface area (Å²) in [5.74, 6) is -1.49. The molecule has 0 aliphatic carbocycles. The molecular formula is C17H18BrFN2O3.